The van der Waals surface area contributed by atoms with Gasteiger partial charge in [0.1, 0.15) is 11.5 Å². The predicted octanol–water partition coefficient (Wildman–Crippen LogP) is 4.41. The van der Waals surface area contributed by atoms with Gasteiger partial charge < -0.3 is 5.73 Å². The second-order valence-electron chi connectivity index (χ2n) is 5.96. The van der Waals surface area contributed by atoms with Crippen LogP contribution in [0, 0.1) is 17.1 Å². The molecular weight excluding hydrogens is 412 g/mol. The summed E-state index contributed by atoms with van der Waals surface area (Å²) in [7, 11) is 0. The van der Waals surface area contributed by atoms with Gasteiger partial charge in [-0.15, -0.1) is 11.6 Å². The Morgan fingerprint density at radius 3 is 2.55 bits per heavy atom. The van der Waals surface area contributed by atoms with Crippen LogP contribution in [0.4, 0.5) is 17.6 Å². The number of alkyl halides is 4. The fraction of sp³-hybridized carbons (Fsp3) is 0.105. The molecule has 1 amide bonds. The van der Waals surface area contributed by atoms with Crippen LogP contribution < -0.4 is 5.73 Å². The van der Waals surface area contributed by atoms with Crippen molar-refractivity contribution in [1.29, 1.82) is 5.26 Å². The van der Waals surface area contributed by atoms with Gasteiger partial charge in [-0.2, -0.15) is 23.5 Å². The normalized spacial score (nSPS) is 11.3. The third-order valence-corrected chi connectivity index (χ3v) is 4.37. The van der Waals surface area contributed by atoms with Crippen molar-refractivity contribution in [2.24, 2.45) is 5.73 Å². The number of nitriles is 1. The van der Waals surface area contributed by atoms with E-state index < -0.39 is 40.4 Å². The Morgan fingerprint density at radius 1 is 1.24 bits per heavy atom. The second kappa shape index (κ2) is 7.56. The van der Waals surface area contributed by atoms with E-state index in [4.69, 9.17) is 22.6 Å². The van der Waals surface area contributed by atoms with E-state index in [2.05, 4.69) is 5.10 Å². The third-order valence-electron chi connectivity index (χ3n) is 4.06. The van der Waals surface area contributed by atoms with Crippen molar-refractivity contribution < 1.29 is 22.4 Å². The van der Waals surface area contributed by atoms with Crippen LogP contribution in [0.3, 0.4) is 0 Å². The number of nitrogens with two attached hydrogens (primary N) is 1. The van der Waals surface area contributed by atoms with Gasteiger partial charge in [0, 0.05) is 17.0 Å². The van der Waals surface area contributed by atoms with Gasteiger partial charge in [-0.3, -0.25) is 4.79 Å². The molecule has 0 fully saturated rings. The Kier molecular flexibility index (Phi) is 5.31. The standard InChI is InChI=1S/C19H11ClF4N4O/c20-8-10-4-5-14(21)13(7-10)15-16(18(26)29)28(27-17(15)19(22,23)24)12-3-1-2-11(6-12)9-25/h1-7H,8H2,(H2,26,29). The van der Waals surface area contributed by atoms with Crippen LogP contribution in [0.15, 0.2) is 42.5 Å². The second-order valence-corrected chi connectivity index (χ2v) is 6.22. The molecule has 0 saturated carbocycles. The summed E-state index contributed by atoms with van der Waals surface area (Å²) >= 11 is 5.72. The maximum absolute atomic E-state index is 14.5. The first-order chi connectivity index (χ1) is 13.7. The van der Waals surface area contributed by atoms with Gasteiger partial charge in [-0.25, -0.2) is 9.07 Å². The molecular formula is C19H11ClF4N4O. The summed E-state index contributed by atoms with van der Waals surface area (Å²) in [4.78, 5) is 12.1. The Balaban J connectivity index is 2.43. The summed E-state index contributed by atoms with van der Waals surface area (Å²) in [5, 5.41) is 12.5. The highest BCUT2D eigenvalue weighted by Crippen LogP contribution is 2.40. The number of benzene rings is 2. The number of amides is 1. The SMILES string of the molecule is N#Cc1cccc(-n2nc(C(F)(F)F)c(-c3cc(CCl)ccc3F)c2C(N)=O)c1. The zero-order chi connectivity index (χ0) is 21.3. The van der Waals surface area contributed by atoms with Gasteiger partial charge in [0.2, 0.25) is 0 Å². The number of rotatable bonds is 4. The molecule has 0 bridgehead atoms. The van der Waals surface area contributed by atoms with Crippen LogP contribution in [-0.2, 0) is 12.1 Å². The van der Waals surface area contributed by atoms with Crippen LogP contribution >= 0.6 is 11.6 Å². The molecule has 5 nitrogen and oxygen atoms in total. The Morgan fingerprint density at radius 2 is 1.97 bits per heavy atom. The van der Waals surface area contributed by atoms with Crippen LogP contribution in [0.5, 0.6) is 0 Å². The summed E-state index contributed by atoms with van der Waals surface area (Å²) in [5.74, 6) is -2.34. The van der Waals surface area contributed by atoms with Gasteiger partial charge in [0.05, 0.1) is 17.3 Å². The number of primary amides is 1. The van der Waals surface area contributed by atoms with E-state index in [1.807, 2.05) is 6.07 Å². The van der Waals surface area contributed by atoms with Crippen molar-refractivity contribution in [3.8, 4) is 22.9 Å². The van der Waals surface area contributed by atoms with Crippen molar-refractivity contribution in [1.82, 2.24) is 9.78 Å². The number of hydrogen-bond acceptors (Lipinski definition) is 3. The number of carbonyl (C=O) groups is 1. The monoisotopic (exact) mass is 422 g/mol. The lowest BCUT2D eigenvalue weighted by atomic mass is 9.99. The maximum Gasteiger partial charge on any atom is 0.435 e. The molecule has 0 aliphatic rings. The lowest BCUT2D eigenvalue weighted by Crippen LogP contribution is -2.18. The van der Waals surface area contributed by atoms with Crippen molar-refractivity contribution in [3.63, 3.8) is 0 Å². The first-order valence-electron chi connectivity index (χ1n) is 8.02. The Hall–Kier alpha value is -3.38. The lowest BCUT2D eigenvalue weighted by molar-refractivity contribution is -0.140. The smallest absolute Gasteiger partial charge is 0.364 e. The highest BCUT2D eigenvalue weighted by atomic mass is 35.5. The molecule has 0 spiro atoms. The van der Waals surface area contributed by atoms with E-state index in [1.54, 1.807) is 0 Å². The molecule has 0 radical (unpaired) electrons. The average molecular weight is 423 g/mol. The number of aromatic nitrogens is 2. The number of nitrogens with zero attached hydrogens (tertiary/aromatic N) is 3. The van der Waals surface area contributed by atoms with Gasteiger partial charge in [-0.1, -0.05) is 12.1 Å². The van der Waals surface area contributed by atoms with E-state index in [-0.39, 0.29) is 17.1 Å². The zero-order valence-electron chi connectivity index (χ0n) is 14.5. The molecule has 0 atom stereocenters. The molecule has 2 N–H and O–H groups in total. The first kappa shape index (κ1) is 20.4. The van der Waals surface area contributed by atoms with E-state index in [0.717, 1.165) is 12.1 Å². The summed E-state index contributed by atoms with van der Waals surface area (Å²) in [6, 6.07) is 10.6. The molecule has 0 saturated heterocycles. The van der Waals surface area contributed by atoms with Gasteiger partial charge >= 0.3 is 6.18 Å². The van der Waals surface area contributed by atoms with Crippen molar-refractivity contribution in [3.05, 3.63) is 70.8 Å². The molecule has 0 aliphatic carbocycles. The fourth-order valence-corrected chi connectivity index (χ4v) is 3.01. The van der Waals surface area contributed by atoms with Gasteiger partial charge in [0.15, 0.2) is 5.69 Å². The molecule has 10 heteroatoms. The molecule has 29 heavy (non-hydrogen) atoms. The molecule has 0 aliphatic heterocycles. The van der Waals surface area contributed by atoms with Gasteiger partial charge in [-0.05, 0) is 35.9 Å². The Labute approximate surface area is 166 Å². The topological polar surface area (TPSA) is 84.7 Å². The highest BCUT2D eigenvalue weighted by molar-refractivity contribution is 6.17. The molecule has 148 valence electrons. The van der Waals surface area contributed by atoms with Crippen LogP contribution in [0.1, 0.15) is 27.3 Å². The molecule has 2 aromatic carbocycles. The highest BCUT2D eigenvalue weighted by Gasteiger charge is 2.41. The largest absolute Gasteiger partial charge is 0.435 e. The predicted molar refractivity (Wildman–Crippen MR) is 96.7 cm³/mol. The van der Waals surface area contributed by atoms with Crippen molar-refractivity contribution >= 4 is 17.5 Å². The third kappa shape index (κ3) is 3.79. The number of hydrogen-bond donors (Lipinski definition) is 1. The minimum Gasteiger partial charge on any atom is -0.364 e. The van der Waals surface area contributed by atoms with Gasteiger partial charge in [0.25, 0.3) is 5.91 Å². The summed E-state index contributed by atoms with van der Waals surface area (Å²) in [6.07, 6.45) is -5.01. The molecule has 3 aromatic rings. The molecule has 0 unspecified atom stereocenters. The average Bonchev–Trinajstić information content (AvgIpc) is 3.09. The van der Waals surface area contributed by atoms with Crippen molar-refractivity contribution in [2.45, 2.75) is 12.1 Å². The van der Waals surface area contributed by atoms with E-state index in [9.17, 15) is 22.4 Å². The fourth-order valence-electron chi connectivity index (χ4n) is 2.84. The zero-order valence-corrected chi connectivity index (χ0v) is 15.2. The molecule has 3 rings (SSSR count). The summed E-state index contributed by atoms with van der Waals surface area (Å²) in [5.41, 5.74) is 2.35. The maximum atomic E-state index is 14.5. The minimum atomic E-state index is -5.01. The van der Waals surface area contributed by atoms with Crippen LogP contribution in [0.2, 0.25) is 0 Å². The van der Waals surface area contributed by atoms with E-state index >= 15 is 0 Å². The van der Waals surface area contributed by atoms with E-state index in [0.29, 0.717) is 10.2 Å². The minimum absolute atomic E-state index is 0.0106. The van der Waals surface area contributed by atoms with Crippen LogP contribution in [0.25, 0.3) is 16.8 Å². The summed E-state index contributed by atoms with van der Waals surface area (Å²) < 4.78 is 56.4. The summed E-state index contributed by atoms with van der Waals surface area (Å²) in [6.45, 7) is 0. The Bertz CT molecular complexity index is 1150. The molecule has 1 heterocycles. The van der Waals surface area contributed by atoms with E-state index in [1.165, 1.54) is 30.3 Å². The first-order valence-corrected chi connectivity index (χ1v) is 8.56. The van der Waals surface area contributed by atoms with Crippen LogP contribution in [-0.4, -0.2) is 15.7 Å². The number of carbonyl (C=O) groups excluding carboxylic acids is 1. The molecule has 1 aromatic heterocycles. The lowest BCUT2D eigenvalue weighted by Gasteiger charge is -2.10. The quantitative estimate of drug-likeness (QED) is 0.499. The van der Waals surface area contributed by atoms with Crippen molar-refractivity contribution in [2.75, 3.05) is 0 Å². The number of halogens is 5.